The normalized spacial score (nSPS) is 29.5. The fourth-order valence-corrected chi connectivity index (χ4v) is 6.54. The van der Waals surface area contributed by atoms with E-state index in [9.17, 15) is 22.0 Å². The summed E-state index contributed by atoms with van der Waals surface area (Å²) in [6.45, 7) is 3.56. The van der Waals surface area contributed by atoms with Crippen molar-refractivity contribution in [2.24, 2.45) is 29.6 Å². The Bertz CT molecular complexity index is 1160. The number of halogens is 7. The Morgan fingerprint density at radius 1 is 0.756 bits per heavy atom. The Hall–Kier alpha value is -2.33. The van der Waals surface area contributed by atoms with Crippen LogP contribution in [-0.2, 0) is 9.47 Å². The van der Waals surface area contributed by atoms with Gasteiger partial charge in [-0.1, -0.05) is 19.8 Å². The van der Waals surface area contributed by atoms with E-state index in [4.69, 9.17) is 14.2 Å². The Morgan fingerprint density at radius 2 is 1.34 bits per heavy atom. The second kappa shape index (κ2) is 12.5. The smallest absolute Gasteiger partial charge is 0.400 e. The highest BCUT2D eigenvalue weighted by molar-refractivity contribution is 5.65. The van der Waals surface area contributed by atoms with E-state index in [-0.39, 0.29) is 29.9 Å². The molecule has 1 aliphatic heterocycles. The minimum atomic E-state index is -3.58. The van der Waals surface area contributed by atoms with Crippen LogP contribution in [0.5, 0.6) is 5.75 Å². The molecule has 1 heterocycles. The van der Waals surface area contributed by atoms with Crippen LogP contribution < -0.4 is 4.74 Å². The standard InChI is InChI=1S/C31H35F7O3/c1-17-2-4-18(5-3-17)21-15-39-30(40-16-21)19-6-8-22(9-7-19)31(37,38)41-23-10-11-24(25(32)14-23)20-12-26(33)28(29(35)36)27(34)13-20/h10-14,17-19,21-22,29-30H,2-9,15-16H2,1H3. The molecule has 226 valence electrons. The van der Waals surface area contributed by atoms with Gasteiger partial charge in [-0.3, -0.25) is 0 Å². The molecule has 0 N–H and O–H groups in total. The van der Waals surface area contributed by atoms with Gasteiger partial charge in [0.05, 0.1) is 24.7 Å². The van der Waals surface area contributed by atoms with Gasteiger partial charge in [0.2, 0.25) is 0 Å². The van der Waals surface area contributed by atoms with Gasteiger partial charge in [0.15, 0.2) is 6.29 Å². The first-order valence-electron chi connectivity index (χ1n) is 14.4. The van der Waals surface area contributed by atoms with Gasteiger partial charge < -0.3 is 14.2 Å². The molecule has 3 nitrogen and oxygen atoms in total. The molecular formula is C31H35F7O3. The first-order valence-corrected chi connectivity index (χ1v) is 14.4. The molecule has 0 aromatic heterocycles. The number of alkyl halides is 4. The fraction of sp³-hybridized carbons (Fsp3) is 0.613. The molecular weight excluding hydrogens is 553 g/mol. The summed E-state index contributed by atoms with van der Waals surface area (Å²) in [5.41, 5.74) is -2.10. The first kappa shape index (κ1) is 30.1. The Balaban J connectivity index is 1.14. The van der Waals surface area contributed by atoms with E-state index in [0.717, 1.165) is 18.1 Å². The van der Waals surface area contributed by atoms with Crippen LogP contribution in [0.1, 0.15) is 70.3 Å². The lowest BCUT2D eigenvalue weighted by Crippen LogP contribution is -2.43. The third kappa shape index (κ3) is 6.85. The molecule has 0 bridgehead atoms. The van der Waals surface area contributed by atoms with Crippen LogP contribution in [-0.4, -0.2) is 25.6 Å². The highest BCUT2D eigenvalue weighted by Gasteiger charge is 2.46. The molecule has 2 saturated carbocycles. The molecule has 0 spiro atoms. The van der Waals surface area contributed by atoms with Crippen molar-refractivity contribution in [3.05, 3.63) is 53.3 Å². The van der Waals surface area contributed by atoms with E-state index >= 15 is 8.78 Å². The highest BCUT2D eigenvalue weighted by Crippen LogP contribution is 2.43. The van der Waals surface area contributed by atoms with Gasteiger partial charge in [0, 0.05) is 23.5 Å². The van der Waals surface area contributed by atoms with Crippen molar-refractivity contribution in [3.8, 4) is 16.9 Å². The molecule has 41 heavy (non-hydrogen) atoms. The fourth-order valence-electron chi connectivity index (χ4n) is 6.54. The molecule has 1 saturated heterocycles. The number of ether oxygens (including phenoxy) is 3. The average Bonchev–Trinajstić information content (AvgIpc) is 2.93. The van der Waals surface area contributed by atoms with Gasteiger partial charge in [-0.15, -0.1) is 0 Å². The van der Waals surface area contributed by atoms with Crippen molar-refractivity contribution in [1.82, 2.24) is 0 Å². The summed E-state index contributed by atoms with van der Waals surface area (Å²) in [4.78, 5) is 0. The third-order valence-electron chi connectivity index (χ3n) is 9.11. The maximum absolute atomic E-state index is 15.1. The zero-order chi connectivity index (χ0) is 29.3. The number of hydrogen-bond donors (Lipinski definition) is 0. The Labute approximate surface area is 235 Å². The van der Waals surface area contributed by atoms with Crippen LogP contribution in [0.3, 0.4) is 0 Å². The van der Waals surface area contributed by atoms with Gasteiger partial charge in [0.25, 0.3) is 6.43 Å². The zero-order valence-corrected chi connectivity index (χ0v) is 22.9. The predicted octanol–water partition coefficient (Wildman–Crippen LogP) is 9.30. The first-order chi connectivity index (χ1) is 19.5. The summed E-state index contributed by atoms with van der Waals surface area (Å²) in [5.74, 6) is -3.89. The van der Waals surface area contributed by atoms with Crippen LogP contribution in [0.4, 0.5) is 30.7 Å². The van der Waals surface area contributed by atoms with Crippen molar-refractivity contribution < 1.29 is 44.9 Å². The molecule has 2 aromatic carbocycles. The topological polar surface area (TPSA) is 27.7 Å². The van der Waals surface area contributed by atoms with Gasteiger partial charge in [0.1, 0.15) is 23.2 Å². The molecule has 0 radical (unpaired) electrons. The molecule has 10 heteroatoms. The molecule has 0 amide bonds. The number of rotatable bonds is 7. The second-order valence-corrected chi connectivity index (χ2v) is 11.9. The minimum absolute atomic E-state index is 0.0170. The van der Waals surface area contributed by atoms with E-state index in [1.807, 2.05) is 0 Å². The van der Waals surface area contributed by atoms with Gasteiger partial charge in [-0.05, 0) is 80.2 Å². The summed E-state index contributed by atoms with van der Waals surface area (Å²) in [6.07, 6.45) is -1.16. The maximum atomic E-state index is 15.1. The molecule has 3 fully saturated rings. The SMILES string of the molecule is CC1CCC(C2COC(C3CCC(C(F)(F)Oc4ccc(-c5cc(F)c(C(F)F)c(F)c5)c(F)c4)CC3)OC2)CC1. The lowest BCUT2D eigenvalue weighted by Gasteiger charge is -2.41. The van der Waals surface area contributed by atoms with Gasteiger partial charge in [-0.25, -0.2) is 22.0 Å². The molecule has 5 rings (SSSR count). The van der Waals surface area contributed by atoms with Crippen LogP contribution in [0, 0.1) is 47.0 Å². The van der Waals surface area contributed by atoms with E-state index < -0.39 is 53.5 Å². The van der Waals surface area contributed by atoms with Crippen LogP contribution in [0.25, 0.3) is 11.1 Å². The maximum Gasteiger partial charge on any atom is 0.400 e. The van der Waals surface area contributed by atoms with Gasteiger partial charge >= 0.3 is 6.11 Å². The number of benzene rings is 2. The van der Waals surface area contributed by atoms with E-state index in [2.05, 4.69) is 6.92 Å². The second-order valence-electron chi connectivity index (χ2n) is 11.9. The van der Waals surface area contributed by atoms with Crippen molar-refractivity contribution >= 4 is 0 Å². The highest BCUT2D eigenvalue weighted by atomic mass is 19.3. The van der Waals surface area contributed by atoms with E-state index in [0.29, 0.717) is 56.1 Å². The Morgan fingerprint density at radius 3 is 1.90 bits per heavy atom. The molecule has 3 aliphatic rings. The van der Waals surface area contributed by atoms with Crippen LogP contribution in [0.15, 0.2) is 30.3 Å². The minimum Gasteiger partial charge on any atom is -0.432 e. The van der Waals surface area contributed by atoms with Crippen molar-refractivity contribution in [2.45, 2.75) is 77.1 Å². The van der Waals surface area contributed by atoms with Crippen LogP contribution >= 0.6 is 0 Å². The largest absolute Gasteiger partial charge is 0.432 e. The molecule has 2 aliphatic carbocycles. The van der Waals surface area contributed by atoms with E-state index in [1.165, 1.54) is 25.7 Å². The summed E-state index contributed by atoms with van der Waals surface area (Å²) < 4.78 is 115. The average molecular weight is 589 g/mol. The monoisotopic (exact) mass is 588 g/mol. The predicted molar refractivity (Wildman–Crippen MR) is 138 cm³/mol. The van der Waals surface area contributed by atoms with Crippen LogP contribution in [0.2, 0.25) is 0 Å². The van der Waals surface area contributed by atoms with Gasteiger partial charge in [-0.2, -0.15) is 8.78 Å². The Kier molecular flexibility index (Phi) is 9.19. The summed E-state index contributed by atoms with van der Waals surface area (Å²) in [7, 11) is 0. The third-order valence-corrected chi connectivity index (χ3v) is 9.11. The zero-order valence-electron chi connectivity index (χ0n) is 22.9. The quantitative estimate of drug-likeness (QED) is 0.302. The molecule has 2 aromatic rings. The summed E-state index contributed by atoms with van der Waals surface area (Å²) in [5, 5.41) is 0. The number of hydrogen-bond acceptors (Lipinski definition) is 3. The van der Waals surface area contributed by atoms with E-state index in [1.54, 1.807) is 0 Å². The molecule has 0 unspecified atom stereocenters. The van der Waals surface area contributed by atoms with Crippen molar-refractivity contribution in [1.29, 1.82) is 0 Å². The van der Waals surface area contributed by atoms with Crippen molar-refractivity contribution in [3.63, 3.8) is 0 Å². The van der Waals surface area contributed by atoms with Crippen molar-refractivity contribution in [2.75, 3.05) is 13.2 Å². The summed E-state index contributed by atoms with van der Waals surface area (Å²) >= 11 is 0. The lowest BCUT2D eigenvalue weighted by molar-refractivity contribution is -0.251. The molecule has 0 atom stereocenters. The lowest BCUT2D eigenvalue weighted by atomic mass is 9.76. The summed E-state index contributed by atoms with van der Waals surface area (Å²) in [6, 6.07) is 3.92.